The maximum absolute atomic E-state index is 13.3. The first-order valence-corrected chi connectivity index (χ1v) is 30.7. The zero-order chi connectivity index (χ0) is 70.7. The van der Waals surface area contributed by atoms with Gasteiger partial charge < -0.3 is 48.7 Å². The minimum atomic E-state index is -1.04. The van der Waals surface area contributed by atoms with E-state index < -0.39 is 35.7 Å². The van der Waals surface area contributed by atoms with Gasteiger partial charge in [-0.05, 0) is 135 Å². The molecule has 6 heterocycles. The summed E-state index contributed by atoms with van der Waals surface area (Å²) >= 11 is 3.33. The van der Waals surface area contributed by atoms with Crippen LogP contribution < -0.4 is 24.3 Å². The maximum atomic E-state index is 13.3. The summed E-state index contributed by atoms with van der Waals surface area (Å²) in [5, 5.41) is 28.2. The summed E-state index contributed by atoms with van der Waals surface area (Å²) in [4.78, 5) is 64.4. The normalized spacial score (nSPS) is 10.4. The van der Waals surface area contributed by atoms with Crippen LogP contribution in [-0.4, -0.2) is 148 Å². The lowest BCUT2D eigenvalue weighted by Gasteiger charge is -2.19. The van der Waals surface area contributed by atoms with Crippen LogP contribution in [0, 0.1) is 23.8 Å². The fraction of sp³-hybridized carbons (Fsp3) is 0.206. The quantitative estimate of drug-likeness (QED) is 0.0371. The molecule has 0 fully saturated rings. The standard InChI is InChI=1S/C21H20FN5O2.C13H13FN2O3.C12H11FN2O3.C10H11BrO3.C9H11N3.C3H3FN2/c1-3-29-18-9-14(7-8-17(18)27-12-19(22)23-13-27)21(28)26(2)11-16-6-4-5-15-10-24-25-20(15)16;1-3-19-11-6-9(13(17)18-2)4-5-10(11)16-7-12(14)15-8-16;1-2-18-10-5-8(12(16)17)3-4-9(10)15-6-11(13)14-7-15;1-3-14-9-6-7(10(12)13-2)4-5-8(9)11;1-10-5-7-3-2-4-8-6-11-12-9(7)8;4-3-1-5-2-6-3/h4-10,12-13H,3,11H2,1-2H3,(H,24,25);4-8H,3H2,1-2H3;3-7H,2H2,1H3,(H,16,17);4-6H,3H2,1-2H3;2-4,6,10H,5H2,1H3,(H,11,12);1-2H,(H,5,6). The monoisotopic (exact) mass is 1410 g/mol. The summed E-state index contributed by atoms with van der Waals surface area (Å²) in [6, 6.07) is 31.4. The van der Waals surface area contributed by atoms with Crippen molar-refractivity contribution in [1.82, 2.24) is 69.2 Å². The van der Waals surface area contributed by atoms with Gasteiger partial charge in [-0.3, -0.25) is 28.7 Å². The van der Waals surface area contributed by atoms with E-state index in [4.69, 9.17) is 24.1 Å². The van der Waals surface area contributed by atoms with Gasteiger partial charge in [-0.2, -0.15) is 27.8 Å². The van der Waals surface area contributed by atoms with E-state index in [0.717, 1.165) is 39.2 Å². The lowest BCUT2D eigenvalue weighted by molar-refractivity contribution is 0.0591. The first-order chi connectivity index (χ1) is 47.3. The maximum Gasteiger partial charge on any atom is 0.337 e. The number of aromatic nitrogens is 12. The predicted molar refractivity (Wildman–Crippen MR) is 358 cm³/mol. The number of hydrogen-bond acceptors (Lipinski definition) is 17. The molecule has 1 amide bonds. The first-order valence-electron chi connectivity index (χ1n) is 29.9. The highest BCUT2D eigenvalue weighted by molar-refractivity contribution is 9.10. The van der Waals surface area contributed by atoms with Gasteiger partial charge >= 0.3 is 17.9 Å². The second-order valence-electron chi connectivity index (χ2n) is 20.1. The molecule has 0 aliphatic carbocycles. The fourth-order valence-electron chi connectivity index (χ4n) is 9.13. The molecule has 0 bridgehead atoms. The van der Waals surface area contributed by atoms with Crippen molar-refractivity contribution in [1.29, 1.82) is 0 Å². The van der Waals surface area contributed by atoms with Crippen LogP contribution in [0.3, 0.4) is 0 Å². The number of para-hydroxylation sites is 2. The summed E-state index contributed by atoms with van der Waals surface area (Å²) in [6.45, 7) is 10.4. The number of carbonyl (C=O) groups excluding carboxylic acids is 3. The van der Waals surface area contributed by atoms with Gasteiger partial charge in [0, 0.05) is 36.5 Å². The van der Waals surface area contributed by atoms with Crippen molar-refractivity contribution in [3.8, 4) is 40.1 Å². The van der Waals surface area contributed by atoms with E-state index in [2.05, 4.69) is 88.2 Å². The number of rotatable bonds is 19. The number of benzene rings is 6. The molecule has 0 unspecified atom stereocenters. The number of aromatic carboxylic acids is 1. The Morgan fingerprint density at radius 3 is 1.39 bits per heavy atom. The van der Waals surface area contributed by atoms with Gasteiger partial charge in [0.2, 0.25) is 23.8 Å². The summed E-state index contributed by atoms with van der Waals surface area (Å²) in [5.41, 5.74) is 7.49. The number of ether oxygens (including phenoxy) is 6. The van der Waals surface area contributed by atoms with Crippen molar-refractivity contribution in [3.63, 3.8) is 0 Å². The van der Waals surface area contributed by atoms with E-state index >= 15 is 0 Å². The van der Waals surface area contributed by atoms with Crippen LogP contribution in [-0.2, 0) is 22.6 Å². The molecule has 12 rings (SSSR count). The molecule has 12 aromatic rings. The van der Waals surface area contributed by atoms with Gasteiger partial charge in [-0.15, -0.1) is 0 Å². The Balaban J connectivity index is 0.000000174. The number of methoxy groups -OCH3 is 2. The van der Waals surface area contributed by atoms with Crippen LogP contribution in [0.15, 0.2) is 176 Å². The molecule has 30 heteroatoms. The minimum absolute atomic E-state index is 0.114. The molecule has 6 aromatic heterocycles. The second-order valence-corrected chi connectivity index (χ2v) is 21.0. The Hall–Kier alpha value is -11.7. The summed E-state index contributed by atoms with van der Waals surface area (Å²) in [6.07, 6.45) is 13.7. The molecule has 0 radical (unpaired) electrons. The zero-order valence-electron chi connectivity index (χ0n) is 54.3. The molecular formula is C68H69BrF4N14O11. The molecule has 0 saturated heterocycles. The number of carboxylic acids is 1. The topological polar surface area (TPSA) is 299 Å². The first kappa shape index (κ1) is 73.7. The van der Waals surface area contributed by atoms with Gasteiger partial charge in [-0.25, -0.2) is 34.3 Å². The van der Waals surface area contributed by atoms with E-state index in [-0.39, 0.29) is 17.4 Å². The largest absolute Gasteiger partial charge is 0.493 e. The number of esters is 2. The van der Waals surface area contributed by atoms with E-state index in [9.17, 15) is 36.7 Å². The number of hydrogen-bond donors (Lipinski definition) is 5. The molecule has 0 spiro atoms. The van der Waals surface area contributed by atoms with E-state index in [1.165, 1.54) is 94.9 Å². The number of imidazole rings is 4. The van der Waals surface area contributed by atoms with Crippen molar-refractivity contribution in [3.05, 3.63) is 233 Å². The van der Waals surface area contributed by atoms with Gasteiger partial charge in [-0.1, -0.05) is 36.4 Å². The van der Waals surface area contributed by atoms with Crippen LogP contribution in [0.5, 0.6) is 23.0 Å². The highest BCUT2D eigenvalue weighted by Gasteiger charge is 2.19. The lowest BCUT2D eigenvalue weighted by Crippen LogP contribution is -2.26. The van der Waals surface area contributed by atoms with Crippen molar-refractivity contribution >= 4 is 61.6 Å². The molecule has 512 valence electrons. The van der Waals surface area contributed by atoms with Crippen molar-refractivity contribution in [2.24, 2.45) is 0 Å². The number of nitrogens with zero attached hydrogens (tertiary/aromatic N) is 10. The SMILES string of the molecule is CCOc1cc(C(=O)N(C)Cc2cccc3cn[nH]c23)ccc1-n1cnc(F)c1.CCOc1cc(C(=O)O)ccc1-n1cnc(F)c1.CCOc1cc(C(=O)OC)ccc1-n1cnc(F)c1.CCOc1cc(C(=O)OC)ccc1Br.CNCc1cccc2cn[nH]c12.Fc1cnc[nH]1. The average molecular weight is 1410 g/mol. The van der Waals surface area contributed by atoms with Crippen LogP contribution in [0.4, 0.5) is 17.6 Å². The lowest BCUT2D eigenvalue weighted by atomic mass is 10.1. The number of fused-ring (bicyclic) bond motifs is 2. The van der Waals surface area contributed by atoms with Crippen LogP contribution in [0.25, 0.3) is 38.9 Å². The third-order valence-electron chi connectivity index (χ3n) is 13.5. The number of carboxylic acid groups (broad SMARTS) is 1. The van der Waals surface area contributed by atoms with Crippen molar-refractivity contribution in [2.45, 2.75) is 40.8 Å². The molecule has 6 aromatic carbocycles. The minimum Gasteiger partial charge on any atom is -0.493 e. The van der Waals surface area contributed by atoms with Gasteiger partial charge in [0.05, 0.1) is 133 Å². The second kappa shape index (κ2) is 36.9. The van der Waals surface area contributed by atoms with Crippen LogP contribution >= 0.6 is 15.9 Å². The summed E-state index contributed by atoms with van der Waals surface area (Å²) in [5.74, 6) is -2.21. The number of halogens is 5. The third-order valence-corrected chi connectivity index (χ3v) is 14.2. The zero-order valence-corrected chi connectivity index (χ0v) is 55.9. The molecular weight excluding hydrogens is 1340 g/mol. The van der Waals surface area contributed by atoms with Gasteiger partial charge in [0.15, 0.2) is 0 Å². The van der Waals surface area contributed by atoms with Crippen molar-refractivity contribution < 1.29 is 70.3 Å². The molecule has 0 aliphatic heterocycles. The molecule has 0 saturated carbocycles. The number of aromatic amines is 3. The summed E-state index contributed by atoms with van der Waals surface area (Å²) in [7, 11) is 6.35. The number of nitrogens with one attached hydrogen (secondary N) is 4. The van der Waals surface area contributed by atoms with E-state index in [1.54, 1.807) is 85.7 Å². The third kappa shape index (κ3) is 20.4. The Morgan fingerprint density at radius 1 is 0.561 bits per heavy atom. The molecule has 0 aliphatic rings. The predicted octanol–water partition coefficient (Wildman–Crippen LogP) is 12.3. The van der Waals surface area contributed by atoms with Gasteiger partial charge in [0.1, 0.15) is 42.0 Å². The van der Waals surface area contributed by atoms with E-state index in [1.807, 2.05) is 58.3 Å². The number of amides is 1. The highest BCUT2D eigenvalue weighted by Crippen LogP contribution is 2.30. The molecule has 0 atom stereocenters. The average Bonchev–Trinajstić information content (AvgIpc) is 1.36. The van der Waals surface area contributed by atoms with Crippen LogP contribution in [0.1, 0.15) is 80.3 Å². The fourth-order valence-corrected chi connectivity index (χ4v) is 9.49. The summed E-state index contributed by atoms with van der Waals surface area (Å²) < 4.78 is 87.0. The van der Waals surface area contributed by atoms with Crippen LogP contribution in [0.2, 0.25) is 0 Å². The Morgan fingerprint density at radius 2 is 0.980 bits per heavy atom. The Bertz CT molecular complexity index is 4560. The molecule has 98 heavy (non-hydrogen) atoms. The smallest absolute Gasteiger partial charge is 0.337 e. The molecule has 5 N–H and O–H groups in total. The number of carbonyl (C=O) groups is 4. The van der Waals surface area contributed by atoms with Gasteiger partial charge in [0.25, 0.3) is 5.91 Å². The number of H-pyrrole nitrogens is 3. The van der Waals surface area contributed by atoms with Crippen molar-refractivity contribution in [2.75, 3.05) is 54.7 Å². The molecule has 25 nitrogen and oxygen atoms in total. The Labute approximate surface area is 567 Å². The highest BCUT2D eigenvalue weighted by atomic mass is 79.9. The Kier molecular flexibility index (Phi) is 27.7. The van der Waals surface area contributed by atoms with E-state index in [0.29, 0.717) is 89.7 Å².